The van der Waals surface area contributed by atoms with Crippen molar-refractivity contribution >= 4 is 21.6 Å². The molecule has 3 aromatic heterocycles. The largest absolute Gasteiger partial charge is 0.333 e. The molecule has 0 aliphatic heterocycles. The van der Waals surface area contributed by atoms with Gasteiger partial charge in [0.15, 0.2) is 0 Å². The summed E-state index contributed by atoms with van der Waals surface area (Å²) in [5, 5.41) is 0.902. The van der Waals surface area contributed by atoms with Gasteiger partial charge in [-0.25, -0.2) is 23.7 Å². The van der Waals surface area contributed by atoms with E-state index in [1.807, 2.05) is 13.1 Å². The molecule has 0 atom stereocenters. The first kappa shape index (κ1) is 14.0. The smallest absolute Gasteiger partial charge is 0.132 e. The second-order valence-electron chi connectivity index (χ2n) is 5.07. The Bertz CT molecular complexity index is 989. The molecule has 23 heavy (non-hydrogen) atoms. The van der Waals surface area contributed by atoms with Gasteiger partial charge in [-0.15, -0.1) is 11.3 Å². The summed E-state index contributed by atoms with van der Waals surface area (Å²) in [6, 6.07) is 5.29. The van der Waals surface area contributed by atoms with E-state index in [0.717, 1.165) is 39.0 Å². The lowest BCUT2D eigenvalue weighted by molar-refractivity contribution is 0.603. The topological polar surface area (TPSA) is 43.6 Å². The van der Waals surface area contributed by atoms with E-state index in [4.69, 9.17) is 0 Å². The average molecular weight is 328 g/mol. The molecule has 0 saturated heterocycles. The molecule has 0 saturated carbocycles. The van der Waals surface area contributed by atoms with E-state index in [0.29, 0.717) is 5.69 Å². The van der Waals surface area contributed by atoms with Gasteiger partial charge in [0, 0.05) is 24.2 Å². The van der Waals surface area contributed by atoms with Crippen molar-refractivity contribution in [2.75, 3.05) is 0 Å². The molecule has 0 aliphatic rings. The molecule has 0 unspecified atom stereocenters. The summed E-state index contributed by atoms with van der Waals surface area (Å²) in [5.74, 6) is -1.01. The average Bonchev–Trinajstić information content (AvgIpc) is 3.12. The molecule has 0 aliphatic carbocycles. The number of benzene rings is 1. The van der Waals surface area contributed by atoms with Gasteiger partial charge in [0.2, 0.25) is 0 Å². The molecular formula is C16H10F2N4S. The summed E-state index contributed by atoms with van der Waals surface area (Å²) in [6.07, 6.45) is 4.80. The second kappa shape index (κ2) is 5.20. The van der Waals surface area contributed by atoms with Crippen molar-refractivity contribution in [3.8, 4) is 21.8 Å². The lowest BCUT2D eigenvalue weighted by Gasteiger charge is -2.05. The van der Waals surface area contributed by atoms with Gasteiger partial charge in [-0.2, -0.15) is 0 Å². The number of aryl methyl sites for hydroxylation is 1. The standard InChI is InChI=1S/C16H10F2N4S/c1-22-8-21-14(11-5-10(17)2-3-12(11)18)15(22)13-4-9-6-19-7-20-16(9)23-13/h2-8H,1H3. The van der Waals surface area contributed by atoms with Crippen molar-refractivity contribution in [1.29, 1.82) is 0 Å². The maximum absolute atomic E-state index is 14.1. The zero-order chi connectivity index (χ0) is 16.0. The summed E-state index contributed by atoms with van der Waals surface area (Å²) >= 11 is 1.46. The molecule has 1 aromatic carbocycles. The highest BCUT2D eigenvalue weighted by Gasteiger charge is 2.19. The molecule has 4 rings (SSSR count). The first-order valence-corrected chi connectivity index (χ1v) is 7.62. The van der Waals surface area contributed by atoms with Crippen molar-refractivity contribution in [3.63, 3.8) is 0 Å². The number of rotatable bonds is 2. The number of hydrogen-bond donors (Lipinski definition) is 0. The van der Waals surface area contributed by atoms with E-state index in [9.17, 15) is 8.78 Å². The van der Waals surface area contributed by atoms with E-state index in [1.54, 1.807) is 17.1 Å². The van der Waals surface area contributed by atoms with Crippen LogP contribution in [0.5, 0.6) is 0 Å². The van der Waals surface area contributed by atoms with Gasteiger partial charge in [0.1, 0.15) is 28.5 Å². The number of hydrogen-bond acceptors (Lipinski definition) is 4. The van der Waals surface area contributed by atoms with Crippen molar-refractivity contribution in [2.24, 2.45) is 7.05 Å². The summed E-state index contributed by atoms with van der Waals surface area (Å²) < 4.78 is 29.4. The predicted molar refractivity (Wildman–Crippen MR) is 85.0 cm³/mol. The molecule has 0 amide bonds. The van der Waals surface area contributed by atoms with Gasteiger partial charge in [-0.05, 0) is 24.3 Å². The van der Waals surface area contributed by atoms with Crippen LogP contribution in [0, 0.1) is 11.6 Å². The molecule has 7 heteroatoms. The fraction of sp³-hybridized carbons (Fsp3) is 0.0625. The summed E-state index contributed by atoms with van der Waals surface area (Å²) in [5.41, 5.74) is 1.27. The minimum Gasteiger partial charge on any atom is -0.333 e. The van der Waals surface area contributed by atoms with Gasteiger partial charge in [0.05, 0.1) is 16.9 Å². The van der Waals surface area contributed by atoms with Crippen LogP contribution in [0.2, 0.25) is 0 Å². The molecule has 114 valence electrons. The van der Waals surface area contributed by atoms with Crippen LogP contribution in [0.15, 0.2) is 43.1 Å². The Morgan fingerprint density at radius 3 is 2.83 bits per heavy atom. The van der Waals surface area contributed by atoms with Crippen LogP contribution in [0.3, 0.4) is 0 Å². The van der Waals surface area contributed by atoms with Crippen LogP contribution in [-0.2, 0) is 7.05 Å². The number of nitrogens with zero attached hydrogens (tertiary/aromatic N) is 4. The SMILES string of the molecule is Cn1cnc(-c2cc(F)ccc2F)c1-c1cc2cncnc2s1. The van der Waals surface area contributed by atoms with Crippen LogP contribution < -0.4 is 0 Å². The lowest BCUT2D eigenvalue weighted by atomic mass is 10.1. The Kier molecular flexibility index (Phi) is 3.16. The van der Waals surface area contributed by atoms with Gasteiger partial charge < -0.3 is 4.57 Å². The number of imidazole rings is 1. The zero-order valence-electron chi connectivity index (χ0n) is 12.0. The van der Waals surface area contributed by atoms with Gasteiger partial charge in [-0.3, -0.25) is 0 Å². The third kappa shape index (κ3) is 2.29. The highest BCUT2D eigenvalue weighted by Crippen LogP contribution is 2.38. The molecule has 0 radical (unpaired) electrons. The normalized spacial score (nSPS) is 11.3. The van der Waals surface area contributed by atoms with Crippen molar-refractivity contribution in [3.05, 3.63) is 54.8 Å². The van der Waals surface area contributed by atoms with Gasteiger partial charge in [-0.1, -0.05) is 0 Å². The van der Waals surface area contributed by atoms with E-state index < -0.39 is 11.6 Å². The Balaban J connectivity index is 1.96. The molecule has 4 aromatic rings. The summed E-state index contributed by atoms with van der Waals surface area (Å²) in [7, 11) is 1.82. The molecule has 0 fully saturated rings. The Morgan fingerprint density at radius 1 is 1.13 bits per heavy atom. The van der Waals surface area contributed by atoms with Gasteiger partial charge in [0.25, 0.3) is 0 Å². The van der Waals surface area contributed by atoms with E-state index >= 15 is 0 Å². The van der Waals surface area contributed by atoms with E-state index in [-0.39, 0.29) is 5.56 Å². The number of halogens is 2. The number of fused-ring (bicyclic) bond motifs is 1. The van der Waals surface area contributed by atoms with Crippen LogP contribution in [0.1, 0.15) is 0 Å². The fourth-order valence-corrected chi connectivity index (χ4v) is 3.56. The first-order valence-electron chi connectivity index (χ1n) is 6.80. The maximum Gasteiger partial charge on any atom is 0.132 e. The Labute approximate surface area is 134 Å². The molecule has 4 nitrogen and oxygen atoms in total. The van der Waals surface area contributed by atoms with E-state index in [2.05, 4.69) is 15.0 Å². The zero-order valence-corrected chi connectivity index (χ0v) is 12.8. The minimum atomic E-state index is -0.507. The number of aromatic nitrogens is 4. The summed E-state index contributed by atoms with van der Waals surface area (Å²) in [6.45, 7) is 0. The lowest BCUT2D eigenvalue weighted by Crippen LogP contribution is -1.92. The molecule has 0 spiro atoms. The number of thiophene rings is 1. The maximum atomic E-state index is 14.1. The highest BCUT2D eigenvalue weighted by molar-refractivity contribution is 7.21. The van der Waals surface area contributed by atoms with Crippen molar-refractivity contribution in [2.45, 2.75) is 0 Å². The van der Waals surface area contributed by atoms with Crippen molar-refractivity contribution in [1.82, 2.24) is 19.5 Å². The monoisotopic (exact) mass is 328 g/mol. The van der Waals surface area contributed by atoms with Crippen molar-refractivity contribution < 1.29 is 8.78 Å². The minimum absolute atomic E-state index is 0.143. The molecular weight excluding hydrogens is 318 g/mol. The fourth-order valence-electron chi connectivity index (χ4n) is 2.50. The van der Waals surface area contributed by atoms with Crippen LogP contribution in [0.4, 0.5) is 8.78 Å². The summed E-state index contributed by atoms with van der Waals surface area (Å²) in [4.78, 5) is 14.2. The van der Waals surface area contributed by atoms with Crippen LogP contribution in [-0.4, -0.2) is 19.5 Å². The Morgan fingerprint density at radius 2 is 2.00 bits per heavy atom. The second-order valence-corrected chi connectivity index (χ2v) is 6.10. The van der Waals surface area contributed by atoms with Crippen LogP contribution >= 0.6 is 11.3 Å². The predicted octanol–water partition coefficient (Wildman–Crippen LogP) is 4.04. The highest BCUT2D eigenvalue weighted by atomic mass is 32.1. The van der Waals surface area contributed by atoms with E-state index in [1.165, 1.54) is 17.7 Å². The third-order valence-electron chi connectivity index (χ3n) is 3.55. The Hall–Kier alpha value is -2.67. The van der Waals surface area contributed by atoms with Gasteiger partial charge >= 0.3 is 0 Å². The molecule has 0 N–H and O–H groups in total. The molecule has 3 heterocycles. The first-order chi connectivity index (χ1) is 11.1. The third-order valence-corrected chi connectivity index (χ3v) is 4.61. The van der Waals surface area contributed by atoms with Crippen LogP contribution in [0.25, 0.3) is 32.0 Å². The molecule has 0 bridgehead atoms. The quantitative estimate of drug-likeness (QED) is 0.558.